The summed E-state index contributed by atoms with van der Waals surface area (Å²) in [6.45, 7) is 1.37. The third-order valence-corrected chi connectivity index (χ3v) is 6.37. The number of pyridine rings is 1. The average molecular weight is 503 g/mol. The third kappa shape index (κ3) is 5.13. The van der Waals surface area contributed by atoms with Gasteiger partial charge in [-0.1, -0.05) is 0 Å². The van der Waals surface area contributed by atoms with E-state index >= 15 is 0 Å². The second kappa shape index (κ2) is 10.1. The maximum Gasteiger partial charge on any atom is 0.341 e. The van der Waals surface area contributed by atoms with Gasteiger partial charge in [0.25, 0.3) is 0 Å². The highest BCUT2D eigenvalue weighted by molar-refractivity contribution is 5.91. The Bertz CT molecular complexity index is 1160. The summed E-state index contributed by atoms with van der Waals surface area (Å²) in [5, 5.41) is 7.94. The van der Waals surface area contributed by atoms with Gasteiger partial charge in [0.15, 0.2) is 11.6 Å². The highest BCUT2D eigenvalue weighted by Crippen LogP contribution is 2.32. The standard InChI is InChI=1S/C24H24F3N5O4/c25-16-7-15(8-17(26)9-16)20-1-4-29-32(20)24(34)31-12-18(13-31)36-21-10-22(28-11-19(21)27)30-23(33)14-2-5-35-6-3-14/h4,7-11,14,18,20H,1-3,5-6,12-13H2,(H,28,30,33)/t20-/m0/s1. The van der Waals surface area contributed by atoms with Gasteiger partial charge >= 0.3 is 6.03 Å². The van der Waals surface area contributed by atoms with Crippen LogP contribution in [0.5, 0.6) is 5.75 Å². The minimum atomic E-state index is -0.732. The van der Waals surface area contributed by atoms with Crippen molar-refractivity contribution in [2.45, 2.75) is 31.4 Å². The molecule has 2 aromatic rings. The molecule has 1 aromatic carbocycles. The number of carbonyl (C=O) groups is 2. The lowest BCUT2D eigenvalue weighted by Crippen LogP contribution is -2.58. The molecule has 3 aliphatic heterocycles. The van der Waals surface area contributed by atoms with Gasteiger partial charge in [-0.3, -0.25) is 4.79 Å². The lowest BCUT2D eigenvalue weighted by atomic mass is 9.99. The fraction of sp³-hybridized carbons (Fsp3) is 0.417. The molecule has 0 bridgehead atoms. The molecule has 1 atom stereocenters. The molecule has 0 spiro atoms. The molecule has 1 aromatic heterocycles. The van der Waals surface area contributed by atoms with Crippen molar-refractivity contribution >= 4 is 24.0 Å². The van der Waals surface area contributed by atoms with E-state index in [4.69, 9.17) is 9.47 Å². The Labute approximate surface area is 204 Å². The summed E-state index contributed by atoms with van der Waals surface area (Å²) in [6.07, 6.45) is 3.55. The zero-order valence-electron chi connectivity index (χ0n) is 19.2. The van der Waals surface area contributed by atoms with Crippen molar-refractivity contribution in [3.05, 3.63) is 53.5 Å². The fourth-order valence-electron chi connectivity index (χ4n) is 4.40. The molecule has 0 unspecified atom stereocenters. The summed E-state index contributed by atoms with van der Waals surface area (Å²) in [4.78, 5) is 30.7. The van der Waals surface area contributed by atoms with Gasteiger partial charge in [0.1, 0.15) is 23.6 Å². The molecule has 36 heavy (non-hydrogen) atoms. The first-order chi connectivity index (χ1) is 17.4. The molecule has 4 heterocycles. The van der Waals surface area contributed by atoms with Gasteiger partial charge in [0.05, 0.1) is 25.3 Å². The van der Waals surface area contributed by atoms with Gasteiger partial charge in [0.2, 0.25) is 5.91 Å². The molecule has 3 amide bonds. The number of benzene rings is 1. The van der Waals surface area contributed by atoms with Crippen LogP contribution in [0.25, 0.3) is 0 Å². The maximum atomic E-state index is 14.3. The Kier molecular flexibility index (Phi) is 6.77. The van der Waals surface area contributed by atoms with Crippen molar-refractivity contribution in [2.24, 2.45) is 11.0 Å². The van der Waals surface area contributed by atoms with Crippen LogP contribution < -0.4 is 10.1 Å². The zero-order valence-corrected chi connectivity index (χ0v) is 19.2. The number of carbonyl (C=O) groups excluding carboxylic acids is 2. The monoisotopic (exact) mass is 503 g/mol. The van der Waals surface area contributed by atoms with Crippen LogP contribution in [0.15, 0.2) is 35.6 Å². The Morgan fingerprint density at radius 1 is 1.06 bits per heavy atom. The van der Waals surface area contributed by atoms with E-state index in [9.17, 15) is 22.8 Å². The summed E-state index contributed by atoms with van der Waals surface area (Å²) < 4.78 is 52.6. The molecule has 1 N–H and O–H groups in total. The SMILES string of the molecule is O=C(Nc1cc(OC2CN(C(=O)N3N=CC[C@H]3c3cc(F)cc(F)c3)C2)c(F)cn1)C1CCOCC1. The van der Waals surface area contributed by atoms with E-state index in [1.165, 1.54) is 34.3 Å². The highest BCUT2D eigenvalue weighted by atomic mass is 19.1. The van der Waals surface area contributed by atoms with Crippen LogP contribution in [0, 0.1) is 23.4 Å². The predicted molar refractivity (Wildman–Crippen MR) is 122 cm³/mol. The molecule has 3 aliphatic rings. The van der Waals surface area contributed by atoms with E-state index in [2.05, 4.69) is 15.4 Å². The van der Waals surface area contributed by atoms with Gasteiger partial charge in [-0.25, -0.2) is 28.0 Å². The van der Waals surface area contributed by atoms with E-state index in [0.29, 0.717) is 38.0 Å². The number of nitrogens with one attached hydrogen (secondary N) is 1. The molecular formula is C24H24F3N5O4. The molecule has 0 radical (unpaired) electrons. The van der Waals surface area contributed by atoms with E-state index in [0.717, 1.165) is 12.3 Å². The number of anilines is 1. The lowest BCUT2D eigenvalue weighted by molar-refractivity contribution is -0.122. The third-order valence-electron chi connectivity index (χ3n) is 6.37. The maximum absolute atomic E-state index is 14.3. The Balaban J connectivity index is 1.17. The van der Waals surface area contributed by atoms with Gasteiger partial charge in [0, 0.05) is 43.9 Å². The van der Waals surface area contributed by atoms with Crippen molar-refractivity contribution in [2.75, 3.05) is 31.6 Å². The second-order valence-electron chi connectivity index (χ2n) is 8.90. The number of rotatable bonds is 5. The van der Waals surface area contributed by atoms with Gasteiger partial charge in [-0.15, -0.1) is 0 Å². The molecule has 0 saturated carbocycles. The van der Waals surface area contributed by atoms with Crippen molar-refractivity contribution in [3.63, 3.8) is 0 Å². The molecule has 2 fully saturated rings. The number of aromatic nitrogens is 1. The number of nitrogens with zero attached hydrogens (tertiary/aromatic N) is 4. The summed E-state index contributed by atoms with van der Waals surface area (Å²) in [5.74, 6) is -2.47. The van der Waals surface area contributed by atoms with E-state index in [1.807, 2.05) is 0 Å². The van der Waals surface area contributed by atoms with Crippen molar-refractivity contribution in [1.82, 2.24) is 14.9 Å². The number of ether oxygens (including phenoxy) is 2. The molecular weight excluding hydrogens is 479 g/mol. The topological polar surface area (TPSA) is 96.4 Å². The minimum Gasteiger partial charge on any atom is -0.483 e. The first-order valence-electron chi connectivity index (χ1n) is 11.6. The Morgan fingerprint density at radius 2 is 1.78 bits per heavy atom. The number of hydrogen-bond acceptors (Lipinski definition) is 6. The molecule has 0 aliphatic carbocycles. The lowest BCUT2D eigenvalue weighted by Gasteiger charge is -2.41. The predicted octanol–water partition coefficient (Wildman–Crippen LogP) is 3.48. The first-order valence-corrected chi connectivity index (χ1v) is 11.6. The van der Waals surface area contributed by atoms with E-state index in [-0.39, 0.29) is 36.5 Å². The number of urea groups is 1. The second-order valence-corrected chi connectivity index (χ2v) is 8.90. The summed E-state index contributed by atoms with van der Waals surface area (Å²) in [5.41, 5.74) is 0.306. The van der Waals surface area contributed by atoms with Crippen molar-refractivity contribution < 1.29 is 32.2 Å². The Morgan fingerprint density at radius 3 is 2.50 bits per heavy atom. The number of hydrogen-bond donors (Lipinski definition) is 1. The zero-order chi connectivity index (χ0) is 25.2. The molecule has 2 saturated heterocycles. The van der Waals surface area contributed by atoms with Gasteiger partial charge in [-0.05, 0) is 30.5 Å². The number of hydrazone groups is 1. The van der Waals surface area contributed by atoms with Crippen molar-refractivity contribution in [1.29, 1.82) is 0 Å². The summed E-state index contributed by atoms with van der Waals surface area (Å²) in [7, 11) is 0. The van der Waals surface area contributed by atoms with Crippen LogP contribution in [0.2, 0.25) is 0 Å². The molecule has 9 nitrogen and oxygen atoms in total. The van der Waals surface area contributed by atoms with Gasteiger partial charge in [-0.2, -0.15) is 5.10 Å². The average Bonchev–Trinajstić information content (AvgIpc) is 3.33. The van der Waals surface area contributed by atoms with E-state index < -0.39 is 35.6 Å². The normalized spacial score (nSPS) is 20.4. The smallest absolute Gasteiger partial charge is 0.341 e. The quantitative estimate of drug-likeness (QED) is 0.674. The van der Waals surface area contributed by atoms with Crippen LogP contribution in [0.1, 0.15) is 30.9 Å². The number of amides is 3. The molecule has 12 heteroatoms. The van der Waals surface area contributed by atoms with Gasteiger partial charge < -0.3 is 19.7 Å². The molecule has 190 valence electrons. The van der Waals surface area contributed by atoms with Crippen molar-refractivity contribution in [3.8, 4) is 5.75 Å². The highest BCUT2D eigenvalue weighted by Gasteiger charge is 2.39. The number of likely N-dealkylation sites (tertiary alicyclic amines) is 1. The minimum absolute atomic E-state index is 0.0864. The summed E-state index contributed by atoms with van der Waals surface area (Å²) in [6, 6.07) is 3.37. The van der Waals surface area contributed by atoms with E-state index in [1.54, 1.807) is 0 Å². The number of halogens is 3. The fourth-order valence-corrected chi connectivity index (χ4v) is 4.40. The largest absolute Gasteiger partial charge is 0.483 e. The van der Waals surface area contributed by atoms with Crippen LogP contribution in [-0.2, 0) is 9.53 Å². The first kappa shape index (κ1) is 24.0. The molecule has 5 rings (SSSR count). The van der Waals surface area contributed by atoms with Crippen LogP contribution in [0.3, 0.4) is 0 Å². The van der Waals surface area contributed by atoms with Crippen LogP contribution in [-0.4, -0.2) is 65.5 Å². The summed E-state index contributed by atoms with van der Waals surface area (Å²) >= 11 is 0. The Hall–Kier alpha value is -3.67. The van der Waals surface area contributed by atoms with Crippen LogP contribution >= 0.6 is 0 Å². The van der Waals surface area contributed by atoms with Crippen LogP contribution in [0.4, 0.5) is 23.8 Å².